The van der Waals surface area contributed by atoms with Crippen LogP contribution in [0.25, 0.3) is 5.69 Å². The molecule has 8 rings (SSSR count). The zero-order valence-corrected chi connectivity index (χ0v) is 13.2. The Bertz CT molecular complexity index is 1010. The number of nitrogens with zero attached hydrogens (tertiary/aromatic N) is 3. The zero-order valence-electron chi connectivity index (χ0n) is 13.2. The van der Waals surface area contributed by atoms with Crippen LogP contribution in [0, 0.1) is 35.5 Å². The predicted octanol–water partition coefficient (Wildman–Crippen LogP) is 0.449. The third-order valence-corrected chi connectivity index (χ3v) is 7.70. The Morgan fingerprint density at radius 1 is 1.00 bits per heavy atom. The molecule has 1 aromatic heterocycles. The number of hydrogen-bond acceptors (Lipinski definition) is 3. The quantitative estimate of drug-likeness (QED) is 0.824. The molecule has 24 heavy (non-hydrogen) atoms. The second kappa shape index (κ2) is 3.33. The average molecular weight is 323 g/mol. The van der Waals surface area contributed by atoms with Crippen molar-refractivity contribution in [1.82, 2.24) is 13.9 Å². The third kappa shape index (κ3) is 0.922. The van der Waals surface area contributed by atoms with Crippen molar-refractivity contribution >= 4 is 0 Å². The zero-order chi connectivity index (χ0) is 16.0. The molecule has 0 saturated heterocycles. The Balaban J connectivity index is 1.58. The number of methoxy groups -OCH3 is 1. The van der Waals surface area contributed by atoms with Gasteiger partial charge in [0.15, 0.2) is 0 Å². The maximum Gasteiger partial charge on any atom is 0.352 e. The number of rotatable bonds is 3. The van der Waals surface area contributed by atoms with Crippen molar-refractivity contribution in [3.05, 3.63) is 51.3 Å². The number of para-hydroxylation sites is 1. The Kier molecular flexibility index (Phi) is 1.71. The van der Waals surface area contributed by atoms with Gasteiger partial charge in [-0.15, -0.1) is 0 Å². The van der Waals surface area contributed by atoms with Crippen LogP contribution in [0.2, 0.25) is 0 Å². The van der Waals surface area contributed by atoms with Crippen molar-refractivity contribution in [3.8, 4) is 5.69 Å². The second-order valence-electron chi connectivity index (χ2n) is 8.17. The van der Waals surface area contributed by atoms with Crippen LogP contribution >= 0.6 is 0 Å². The maximum absolute atomic E-state index is 13.3. The summed E-state index contributed by atoms with van der Waals surface area (Å²) in [7, 11) is 1.71. The van der Waals surface area contributed by atoms with Gasteiger partial charge in [0.25, 0.3) is 0 Å². The van der Waals surface area contributed by atoms with E-state index < -0.39 is 0 Å². The Morgan fingerprint density at radius 2 is 1.67 bits per heavy atom. The van der Waals surface area contributed by atoms with Crippen LogP contribution in [0.4, 0.5) is 0 Å². The van der Waals surface area contributed by atoms with Crippen LogP contribution < -0.4 is 11.4 Å². The van der Waals surface area contributed by atoms with Crippen LogP contribution in [0.3, 0.4) is 0 Å². The van der Waals surface area contributed by atoms with Gasteiger partial charge in [0.05, 0.1) is 23.9 Å². The molecule has 4 fully saturated rings. The average Bonchev–Trinajstić information content (AvgIpc) is 3.42. The molecule has 6 nitrogen and oxygen atoms in total. The van der Waals surface area contributed by atoms with Crippen molar-refractivity contribution in [1.29, 1.82) is 0 Å². The number of benzene rings is 1. The molecule has 4 saturated carbocycles. The minimum Gasteiger partial charge on any atom is -0.382 e. The van der Waals surface area contributed by atoms with E-state index >= 15 is 0 Å². The van der Waals surface area contributed by atoms with Gasteiger partial charge >= 0.3 is 11.4 Å². The summed E-state index contributed by atoms with van der Waals surface area (Å²) in [5.41, 5.74) is 0.0171. The minimum atomic E-state index is -0.273. The first-order chi connectivity index (χ1) is 11.7. The largest absolute Gasteiger partial charge is 0.382 e. The first-order valence-electron chi connectivity index (χ1n) is 8.75. The first kappa shape index (κ1) is 12.3. The highest BCUT2D eigenvalue weighted by Crippen LogP contribution is 2.93. The lowest BCUT2D eigenvalue weighted by molar-refractivity contribution is -0.0381. The molecule has 1 aromatic carbocycles. The van der Waals surface area contributed by atoms with Crippen molar-refractivity contribution in [3.63, 3.8) is 0 Å². The summed E-state index contributed by atoms with van der Waals surface area (Å²) < 4.78 is 10.6. The fourth-order valence-electron chi connectivity index (χ4n) is 7.39. The molecule has 0 spiro atoms. The minimum absolute atomic E-state index is 0.174. The van der Waals surface area contributed by atoms with E-state index in [1.54, 1.807) is 7.11 Å². The molecule has 4 aliphatic carbocycles. The SMILES string of the molecule is COCC12[C@H]3[C@@H]4C([C@H]5[C@@H]([C@H]43)[C@H]51)n1c(=O)n(-c3ccccc3)c(=O)n12. The lowest BCUT2D eigenvalue weighted by Crippen LogP contribution is -2.59. The van der Waals surface area contributed by atoms with Gasteiger partial charge in [0, 0.05) is 7.11 Å². The Morgan fingerprint density at radius 3 is 2.29 bits per heavy atom. The van der Waals surface area contributed by atoms with Gasteiger partial charge in [-0.3, -0.25) is 0 Å². The summed E-state index contributed by atoms with van der Waals surface area (Å²) in [5.74, 6) is 3.76. The van der Waals surface area contributed by atoms with E-state index in [1.807, 2.05) is 39.7 Å². The lowest BCUT2D eigenvalue weighted by atomic mass is 9.77. The Hall–Kier alpha value is -2.08. The van der Waals surface area contributed by atoms with Gasteiger partial charge in [0.1, 0.15) is 0 Å². The Labute approximate surface area is 137 Å². The van der Waals surface area contributed by atoms with Gasteiger partial charge < -0.3 is 4.74 Å². The van der Waals surface area contributed by atoms with E-state index in [4.69, 9.17) is 4.74 Å². The summed E-state index contributed by atoms with van der Waals surface area (Å²) in [5, 5.41) is 0. The van der Waals surface area contributed by atoms with Crippen molar-refractivity contribution in [2.45, 2.75) is 11.6 Å². The van der Waals surface area contributed by atoms with Crippen molar-refractivity contribution in [2.75, 3.05) is 13.7 Å². The molecule has 2 bridgehead atoms. The lowest BCUT2D eigenvalue weighted by Gasteiger charge is -2.46. The van der Waals surface area contributed by atoms with Crippen LogP contribution in [-0.2, 0) is 10.3 Å². The van der Waals surface area contributed by atoms with Gasteiger partial charge in [-0.05, 0) is 47.6 Å². The van der Waals surface area contributed by atoms with Gasteiger partial charge in [0.2, 0.25) is 0 Å². The number of hydrogen-bond donors (Lipinski definition) is 0. The summed E-state index contributed by atoms with van der Waals surface area (Å²) in [4.78, 5) is 26.5. The molecular weight excluding hydrogens is 306 g/mol. The predicted molar refractivity (Wildman–Crippen MR) is 84.1 cm³/mol. The number of ether oxygens (including phenoxy) is 1. The smallest absolute Gasteiger partial charge is 0.352 e. The van der Waals surface area contributed by atoms with E-state index in [-0.39, 0.29) is 23.0 Å². The molecule has 2 aromatic rings. The van der Waals surface area contributed by atoms with Gasteiger partial charge in [-0.2, -0.15) is 0 Å². The summed E-state index contributed by atoms with van der Waals surface area (Å²) in [6, 6.07) is 9.52. The molecule has 0 radical (unpaired) electrons. The third-order valence-electron chi connectivity index (χ3n) is 7.70. The van der Waals surface area contributed by atoms with E-state index in [0.717, 1.165) is 11.8 Å². The van der Waals surface area contributed by atoms with E-state index in [9.17, 15) is 9.59 Å². The number of aromatic nitrogens is 3. The highest BCUT2D eigenvalue weighted by molar-refractivity contribution is 5.42. The molecule has 6 heteroatoms. The van der Waals surface area contributed by atoms with Gasteiger partial charge in [-0.1, -0.05) is 18.2 Å². The molecular formula is C18H17N3O3. The molecule has 2 unspecified atom stereocenters. The van der Waals surface area contributed by atoms with Gasteiger partial charge in [-0.25, -0.2) is 23.5 Å². The van der Waals surface area contributed by atoms with Crippen molar-refractivity contribution in [2.24, 2.45) is 35.5 Å². The van der Waals surface area contributed by atoms with Crippen LogP contribution in [0.1, 0.15) is 6.04 Å². The fourth-order valence-corrected chi connectivity index (χ4v) is 7.39. The molecule has 6 aliphatic rings. The fraction of sp³-hybridized carbons (Fsp3) is 0.556. The molecule has 0 amide bonds. The van der Waals surface area contributed by atoms with Crippen LogP contribution in [0.15, 0.2) is 39.9 Å². The standard InChI is InChI=1S/C18H17N3O3/c1-24-7-18-13-9-10-12(14(10)18)15(11(9)13)20-16(22)19(17(23)21(18)20)8-5-3-2-4-6-8/h2-6,9-15H,7H2,1H3/t9-,10-,11-,12+,13-,14-,15?,18?/m1/s1. The van der Waals surface area contributed by atoms with E-state index in [2.05, 4.69) is 0 Å². The topological polar surface area (TPSA) is 58.2 Å². The molecule has 3 heterocycles. The van der Waals surface area contributed by atoms with E-state index in [0.29, 0.717) is 36.0 Å². The molecule has 122 valence electrons. The normalized spacial score (nSPS) is 47.0. The second-order valence-corrected chi connectivity index (χ2v) is 8.17. The summed E-state index contributed by atoms with van der Waals surface area (Å²) >= 11 is 0. The van der Waals surface area contributed by atoms with Crippen LogP contribution in [0.5, 0.6) is 0 Å². The highest BCUT2D eigenvalue weighted by atomic mass is 16.5. The summed E-state index contributed by atoms with van der Waals surface area (Å²) in [6.45, 7) is 0.549. The first-order valence-corrected chi connectivity index (χ1v) is 8.75. The monoisotopic (exact) mass is 323 g/mol. The highest BCUT2D eigenvalue weighted by Gasteiger charge is 2.95. The molecule has 2 aliphatic heterocycles. The maximum atomic E-state index is 13.3. The van der Waals surface area contributed by atoms with Crippen LogP contribution in [-0.4, -0.2) is 27.6 Å². The van der Waals surface area contributed by atoms with Crippen molar-refractivity contribution < 1.29 is 4.74 Å². The summed E-state index contributed by atoms with van der Waals surface area (Å²) in [6.07, 6.45) is 0. The molecule has 0 N–H and O–H groups in total. The molecule has 8 atom stereocenters. The van der Waals surface area contributed by atoms with E-state index in [1.165, 1.54) is 4.57 Å².